The van der Waals surface area contributed by atoms with Crippen LogP contribution >= 0.6 is 0 Å². The highest BCUT2D eigenvalue weighted by molar-refractivity contribution is 5.71. The van der Waals surface area contributed by atoms with Gasteiger partial charge < -0.3 is 19.1 Å². The Bertz CT molecular complexity index is 802. The molecule has 28 heavy (non-hydrogen) atoms. The molecular weight excluding hydrogens is 375 g/mol. The smallest absolute Gasteiger partial charge is 0.416 e. The van der Waals surface area contributed by atoms with Crippen molar-refractivity contribution in [3.63, 3.8) is 0 Å². The van der Waals surface area contributed by atoms with E-state index in [2.05, 4.69) is 0 Å². The van der Waals surface area contributed by atoms with Gasteiger partial charge in [-0.25, -0.2) is 4.79 Å². The minimum absolute atomic E-state index is 0.173. The highest BCUT2D eigenvalue weighted by Crippen LogP contribution is 2.30. The van der Waals surface area contributed by atoms with E-state index in [4.69, 9.17) is 14.2 Å². The van der Waals surface area contributed by atoms with Gasteiger partial charge in [-0.05, 0) is 48.6 Å². The average Bonchev–Trinajstić information content (AvgIpc) is 2.65. The summed E-state index contributed by atoms with van der Waals surface area (Å²) < 4.78 is 53.6. The number of para-hydroxylation sites is 2. The van der Waals surface area contributed by atoms with E-state index in [9.17, 15) is 18.0 Å². The summed E-state index contributed by atoms with van der Waals surface area (Å²) in [6, 6.07) is 11.2. The molecule has 8 heteroatoms. The maximum Gasteiger partial charge on any atom is 0.416 e. The van der Waals surface area contributed by atoms with Crippen molar-refractivity contribution in [2.24, 2.45) is 0 Å². The number of benzene rings is 2. The molecule has 2 aromatic carbocycles. The molecule has 2 aromatic rings. The Morgan fingerprint density at radius 1 is 0.929 bits per heavy atom. The van der Waals surface area contributed by atoms with Gasteiger partial charge in [0.25, 0.3) is 0 Å². The Morgan fingerprint density at radius 3 is 2.07 bits per heavy atom. The molecule has 0 saturated carbocycles. The van der Waals surface area contributed by atoms with Crippen LogP contribution in [0.15, 0.2) is 60.7 Å². The van der Waals surface area contributed by atoms with E-state index in [0.29, 0.717) is 17.2 Å². The molecule has 0 N–H and O–H groups in total. The van der Waals surface area contributed by atoms with Crippen LogP contribution in [0, 0.1) is 0 Å². The van der Waals surface area contributed by atoms with Gasteiger partial charge in [0.05, 0.1) is 5.56 Å². The summed E-state index contributed by atoms with van der Waals surface area (Å²) in [5.41, 5.74) is -0.725. The summed E-state index contributed by atoms with van der Waals surface area (Å²) in [4.78, 5) is 12.9. The van der Waals surface area contributed by atoms with Crippen LogP contribution in [0.4, 0.5) is 18.0 Å². The highest BCUT2D eigenvalue weighted by atomic mass is 19.4. The number of carbonyl (C=O) groups excluding carboxylic acids is 1. The standard InChI is InChI=1S/C20H20F3NO4/c1-24(2)19(25)28-18-8-4-3-7-17(18)27-14-6-5-13-26-16-11-9-15(10-12-16)20(21,22)23/h3-12H,13-14H2,1-2H3/b6-5+. The van der Waals surface area contributed by atoms with Crippen molar-refractivity contribution in [2.75, 3.05) is 27.3 Å². The quantitative estimate of drug-likeness (QED) is 0.633. The second kappa shape index (κ2) is 9.68. The summed E-state index contributed by atoms with van der Waals surface area (Å²) in [7, 11) is 3.15. The molecule has 150 valence electrons. The summed E-state index contributed by atoms with van der Waals surface area (Å²) in [6.45, 7) is 0.374. The fraction of sp³-hybridized carbons (Fsp3) is 0.250. The lowest BCUT2D eigenvalue weighted by molar-refractivity contribution is -0.137. The number of hydrogen-bond acceptors (Lipinski definition) is 4. The SMILES string of the molecule is CN(C)C(=O)Oc1ccccc1OC/C=C/COc1ccc(C(F)(F)F)cc1. The van der Waals surface area contributed by atoms with Gasteiger partial charge in [0.15, 0.2) is 11.5 Å². The molecule has 0 fully saturated rings. The van der Waals surface area contributed by atoms with Gasteiger partial charge in [-0.1, -0.05) is 12.1 Å². The molecule has 2 rings (SSSR count). The van der Waals surface area contributed by atoms with Crippen LogP contribution in [0.3, 0.4) is 0 Å². The minimum atomic E-state index is -4.37. The van der Waals surface area contributed by atoms with Gasteiger partial charge in [-0.15, -0.1) is 0 Å². The molecule has 5 nitrogen and oxygen atoms in total. The molecule has 0 saturated heterocycles. The lowest BCUT2D eigenvalue weighted by Gasteiger charge is -2.13. The van der Waals surface area contributed by atoms with Crippen molar-refractivity contribution in [3.8, 4) is 17.2 Å². The average molecular weight is 395 g/mol. The van der Waals surface area contributed by atoms with Crippen LogP contribution in [0.1, 0.15) is 5.56 Å². The fourth-order valence-corrected chi connectivity index (χ4v) is 2.00. The first-order valence-corrected chi connectivity index (χ1v) is 8.33. The first kappa shape index (κ1) is 21.1. The lowest BCUT2D eigenvalue weighted by Crippen LogP contribution is -2.25. The molecule has 0 aliphatic rings. The lowest BCUT2D eigenvalue weighted by atomic mass is 10.2. The summed E-state index contributed by atoms with van der Waals surface area (Å²) in [5.74, 6) is 1.04. The molecule has 0 aliphatic heterocycles. The summed E-state index contributed by atoms with van der Waals surface area (Å²) in [6.07, 6.45) is -1.52. The monoisotopic (exact) mass is 395 g/mol. The van der Waals surface area contributed by atoms with Gasteiger partial charge in [-0.3, -0.25) is 0 Å². The Balaban J connectivity index is 1.79. The Labute approximate surface area is 160 Å². The van der Waals surface area contributed by atoms with Crippen LogP contribution < -0.4 is 14.2 Å². The molecule has 0 aromatic heterocycles. The van der Waals surface area contributed by atoms with Gasteiger partial charge in [-0.2, -0.15) is 13.2 Å². The van der Waals surface area contributed by atoms with Crippen molar-refractivity contribution in [2.45, 2.75) is 6.18 Å². The van der Waals surface area contributed by atoms with Crippen LogP contribution in [0.5, 0.6) is 17.2 Å². The van der Waals surface area contributed by atoms with E-state index in [-0.39, 0.29) is 13.2 Å². The zero-order valence-electron chi connectivity index (χ0n) is 15.4. The molecule has 0 heterocycles. The second-order valence-corrected chi connectivity index (χ2v) is 5.82. The number of hydrogen-bond donors (Lipinski definition) is 0. The Kier molecular flexibility index (Phi) is 7.31. The van der Waals surface area contributed by atoms with E-state index in [0.717, 1.165) is 12.1 Å². The molecule has 0 aliphatic carbocycles. The van der Waals surface area contributed by atoms with Crippen LogP contribution in [-0.2, 0) is 6.18 Å². The number of halogens is 3. The van der Waals surface area contributed by atoms with E-state index in [1.54, 1.807) is 50.5 Å². The zero-order valence-corrected chi connectivity index (χ0v) is 15.4. The van der Waals surface area contributed by atoms with Crippen molar-refractivity contribution in [1.82, 2.24) is 4.90 Å². The van der Waals surface area contributed by atoms with E-state index >= 15 is 0 Å². The fourth-order valence-electron chi connectivity index (χ4n) is 2.00. The van der Waals surface area contributed by atoms with E-state index in [1.165, 1.54) is 17.0 Å². The van der Waals surface area contributed by atoms with Crippen molar-refractivity contribution in [1.29, 1.82) is 0 Å². The molecule has 0 spiro atoms. The predicted molar refractivity (Wildman–Crippen MR) is 97.7 cm³/mol. The number of amides is 1. The number of alkyl halides is 3. The van der Waals surface area contributed by atoms with Gasteiger partial charge in [0.2, 0.25) is 0 Å². The zero-order chi connectivity index (χ0) is 20.6. The first-order chi connectivity index (χ1) is 13.3. The van der Waals surface area contributed by atoms with Crippen LogP contribution in [-0.4, -0.2) is 38.3 Å². The van der Waals surface area contributed by atoms with Crippen LogP contribution in [0.2, 0.25) is 0 Å². The van der Waals surface area contributed by atoms with Gasteiger partial charge in [0, 0.05) is 14.1 Å². The Hall–Kier alpha value is -3.16. The molecule has 0 bridgehead atoms. The maximum atomic E-state index is 12.5. The maximum absolute atomic E-state index is 12.5. The van der Waals surface area contributed by atoms with Gasteiger partial charge in [0.1, 0.15) is 19.0 Å². The second-order valence-electron chi connectivity index (χ2n) is 5.82. The molecule has 0 radical (unpaired) electrons. The predicted octanol–water partition coefficient (Wildman–Crippen LogP) is 4.78. The topological polar surface area (TPSA) is 48.0 Å². The van der Waals surface area contributed by atoms with E-state index < -0.39 is 17.8 Å². The minimum Gasteiger partial charge on any atom is -0.490 e. The highest BCUT2D eigenvalue weighted by Gasteiger charge is 2.29. The van der Waals surface area contributed by atoms with Crippen LogP contribution in [0.25, 0.3) is 0 Å². The number of rotatable bonds is 7. The third-order valence-corrected chi connectivity index (χ3v) is 3.44. The normalized spacial score (nSPS) is 11.3. The number of nitrogens with zero attached hydrogens (tertiary/aromatic N) is 1. The molecular formula is C20H20F3NO4. The van der Waals surface area contributed by atoms with Crippen molar-refractivity contribution in [3.05, 3.63) is 66.2 Å². The molecule has 1 amide bonds. The summed E-state index contributed by atoms with van der Waals surface area (Å²) in [5, 5.41) is 0. The third kappa shape index (κ3) is 6.53. The number of carbonyl (C=O) groups is 1. The van der Waals surface area contributed by atoms with Crippen molar-refractivity contribution < 1.29 is 32.2 Å². The number of ether oxygens (including phenoxy) is 3. The first-order valence-electron chi connectivity index (χ1n) is 8.33. The molecule has 0 unspecified atom stereocenters. The van der Waals surface area contributed by atoms with E-state index in [1.807, 2.05) is 0 Å². The van der Waals surface area contributed by atoms with Gasteiger partial charge >= 0.3 is 12.3 Å². The molecule has 0 atom stereocenters. The Morgan fingerprint density at radius 2 is 1.50 bits per heavy atom. The summed E-state index contributed by atoms with van der Waals surface area (Å²) >= 11 is 0. The third-order valence-electron chi connectivity index (χ3n) is 3.44. The largest absolute Gasteiger partial charge is 0.490 e. The van der Waals surface area contributed by atoms with Crippen molar-refractivity contribution >= 4 is 6.09 Å².